The number of benzene rings is 3. The van der Waals surface area contributed by atoms with Crippen molar-refractivity contribution in [1.82, 2.24) is 14.9 Å². The van der Waals surface area contributed by atoms with Gasteiger partial charge in [0, 0.05) is 30.0 Å². The number of rotatable bonds is 6. The molecule has 176 valence electrons. The molecule has 0 radical (unpaired) electrons. The lowest BCUT2D eigenvalue weighted by atomic mass is 9.98. The lowest BCUT2D eigenvalue weighted by Crippen LogP contribution is -2.29. The quantitative estimate of drug-likeness (QED) is 0.265. The van der Waals surface area contributed by atoms with Gasteiger partial charge in [-0.3, -0.25) is 4.98 Å². The summed E-state index contributed by atoms with van der Waals surface area (Å²) in [5.74, 6) is 1.58. The number of thiocarbonyl (C=S) groups is 1. The van der Waals surface area contributed by atoms with Gasteiger partial charge in [0.15, 0.2) is 5.11 Å². The van der Waals surface area contributed by atoms with Crippen molar-refractivity contribution in [1.29, 1.82) is 0 Å². The van der Waals surface area contributed by atoms with Crippen LogP contribution in [0.4, 0.5) is 5.69 Å². The second-order valence-electron chi connectivity index (χ2n) is 8.59. The maximum Gasteiger partial charge on any atom is 0.174 e. The number of nitrogens with zero attached hydrogens (tertiary/aromatic N) is 3. The van der Waals surface area contributed by atoms with Crippen LogP contribution in [0.1, 0.15) is 23.3 Å². The van der Waals surface area contributed by atoms with Crippen molar-refractivity contribution in [3.05, 3.63) is 139 Å². The summed E-state index contributed by atoms with van der Waals surface area (Å²) in [5.41, 5.74) is 4.19. The Morgan fingerprint density at radius 3 is 2.14 bits per heavy atom. The molecule has 0 bridgehead atoms. The van der Waals surface area contributed by atoms with Crippen LogP contribution in [0.15, 0.2) is 128 Å². The predicted molar refractivity (Wildman–Crippen MR) is 147 cm³/mol. The molecule has 1 saturated heterocycles. The van der Waals surface area contributed by atoms with Crippen molar-refractivity contribution < 1.29 is 4.74 Å². The summed E-state index contributed by atoms with van der Waals surface area (Å²) < 4.78 is 8.14. The molecule has 0 aliphatic carbocycles. The van der Waals surface area contributed by atoms with Crippen LogP contribution < -0.4 is 15.0 Å². The van der Waals surface area contributed by atoms with Crippen molar-refractivity contribution in [2.45, 2.75) is 12.1 Å². The van der Waals surface area contributed by atoms with E-state index in [1.54, 1.807) is 0 Å². The van der Waals surface area contributed by atoms with E-state index in [0.717, 1.165) is 34.1 Å². The van der Waals surface area contributed by atoms with E-state index < -0.39 is 0 Å². The first-order chi connectivity index (χ1) is 17.8. The minimum absolute atomic E-state index is 0.0711. The number of nitrogens with one attached hydrogen (secondary N) is 1. The number of aromatic nitrogens is 2. The van der Waals surface area contributed by atoms with Crippen LogP contribution in [0, 0.1) is 0 Å². The van der Waals surface area contributed by atoms with Crippen LogP contribution in [-0.2, 0) is 0 Å². The summed E-state index contributed by atoms with van der Waals surface area (Å²) in [4.78, 5) is 6.82. The summed E-state index contributed by atoms with van der Waals surface area (Å²) in [5, 5.41) is 4.19. The van der Waals surface area contributed by atoms with Crippen LogP contribution in [-0.4, -0.2) is 14.7 Å². The third-order valence-corrected chi connectivity index (χ3v) is 6.62. The average molecular weight is 489 g/mol. The molecular formula is C30H24N4OS. The molecule has 2 aromatic heterocycles. The molecule has 1 N–H and O–H groups in total. The van der Waals surface area contributed by atoms with Gasteiger partial charge in [0.05, 0.1) is 17.8 Å². The van der Waals surface area contributed by atoms with E-state index >= 15 is 0 Å². The molecule has 6 heteroatoms. The van der Waals surface area contributed by atoms with E-state index in [4.69, 9.17) is 17.0 Å². The highest BCUT2D eigenvalue weighted by molar-refractivity contribution is 7.80. The molecule has 36 heavy (non-hydrogen) atoms. The lowest BCUT2D eigenvalue weighted by Gasteiger charge is -2.27. The average Bonchev–Trinajstić information content (AvgIpc) is 3.56. The van der Waals surface area contributed by atoms with Crippen LogP contribution in [0.5, 0.6) is 11.5 Å². The third kappa shape index (κ3) is 4.34. The minimum Gasteiger partial charge on any atom is -0.457 e. The Kier molecular flexibility index (Phi) is 5.93. The Balaban J connectivity index is 1.36. The van der Waals surface area contributed by atoms with Gasteiger partial charge in [0.2, 0.25) is 0 Å². The Morgan fingerprint density at radius 2 is 1.42 bits per heavy atom. The number of anilines is 1. The minimum atomic E-state index is -0.0921. The van der Waals surface area contributed by atoms with Crippen molar-refractivity contribution in [3.8, 4) is 17.2 Å². The zero-order chi connectivity index (χ0) is 24.3. The van der Waals surface area contributed by atoms with Crippen LogP contribution in [0.3, 0.4) is 0 Å². The molecule has 0 unspecified atom stereocenters. The van der Waals surface area contributed by atoms with E-state index in [1.165, 1.54) is 0 Å². The van der Waals surface area contributed by atoms with Crippen molar-refractivity contribution in [2.24, 2.45) is 0 Å². The molecule has 5 nitrogen and oxygen atoms in total. The maximum atomic E-state index is 6.00. The molecule has 1 aliphatic rings. The number of pyridine rings is 1. The molecule has 0 spiro atoms. The van der Waals surface area contributed by atoms with Gasteiger partial charge >= 0.3 is 0 Å². The zero-order valence-electron chi connectivity index (χ0n) is 19.4. The van der Waals surface area contributed by atoms with Gasteiger partial charge in [-0.2, -0.15) is 0 Å². The Bertz CT molecular complexity index is 1450. The Morgan fingerprint density at radius 1 is 0.722 bits per heavy atom. The van der Waals surface area contributed by atoms with E-state index in [1.807, 2.05) is 97.2 Å². The van der Waals surface area contributed by atoms with E-state index in [0.29, 0.717) is 5.11 Å². The first-order valence-electron chi connectivity index (χ1n) is 11.8. The first kappa shape index (κ1) is 22.1. The molecule has 3 heterocycles. The third-order valence-electron chi connectivity index (χ3n) is 6.30. The van der Waals surface area contributed by atoms with Gasteiger partial charge in [-0.1, -0.05) is 42.5 Å². The van der Waals surface area contributed by atoms with E-state index in [-0.39, 0.29) is 12.1 Å². The van der Waals surface area contributed by atoms with Crippen LogP contribution in [0.2, 0.25) is 0 Å². The van der Waals surface area contributed by atoms with Crippen LogP contribution in [0.25, 0.3) is 5.69 Å². The van der Waals surface area contributed by atoms with E-state index in [2.05, 4.69) is 50.4 Å². The lowest BCUT2D eigenvalue weighted by molar-refractivity contribution is 0.482. The SMILES string of the molecule is S=C1N[C@H](c2ccccn2)[C@@H](c2ccn(-c3ccccc3)c2)N1c1ccc(Oc2ccccc2)cc1. The molecule has 1 fully saturated rings. The second kappa shape index (κ2) is 9.68. The largest absolute Gasteiger partial charge is 0.457 e. The molecule has 6 rings (SSSR count). The smallest absolute Gasteiger partial charge is 0.174 e. The predicted octanol–water partition coefficient (Wildman–Crippen LogP) is 6.84. The summed E-state index contributed by atoms with van der Waals surface area (Å²) in [7, 11) is 0. The molecule has 1 aliphatic heterocycles. The first-order valence-corrected chi connectivity index (χ1v) is 12.2. The zero-order valence-corrected chi connectivity index (χ0v) is 20.3. The highest BCUT2D eigenvalue weighted by Crippen LogP contribution is 2.42. The van der Waals surface area contributed by atoms with Gasteiger partial charge in [0.25, 0.3) is 0 Å². The van der Waals surface area contributed by atoms with Gasteiger partial charge in [-0.05, 0) is 84.5 Å². The maximum absolute atomic E-state index is 6.00. The van der Waals surface area contributed by atoms with Crippen molar-refractivity contribution in [2.75, 3.05) is 4.90 Å². The van der Waals surface area contributed by atoms with Crippen molar-refractivity contribution in [3.63, 3.8) is 0 Å². The monoisotopic (exact) mass is 488 g/mol. The summed E-state index contributed by atoms with van der Waals surface area (Å²) in [6.07, 6.45) is 6.09. The summed E-state index contributed by atoms with van der Waals surface area (Å²) in [6.45, 7) is 0. The fourth-order valence-electron chi connectivity index (χ4n) is 4.62. The standard InChI is InChI=1S/C30H24N4OS/c36-30-32-28(27-13-7-8-19-31-27)29(22-18-20-33(21-22)23-9-3-1-4-10-23)34(30)24-14-16-26(17-15-24)35-25-11-5-2-6-12-25/h1-21,28-29H,(H,32,36)/t28-,29-/m1/s1. The normalized spacial score (nSPS) is 17.1. The Hall–Kier alpha value is -4.42. The second-order valence-corrected chi connectivity index (χ2v) is 8.98. The van der Waals surface area contributed by atoms with Crippen molar-refractivity contribution >= 4 is 23.0 Å². The van der Waals surface area contributed by atoms with Gasteiger partial charge < -0.3 is 19.5 Å². The number of hydrogen-bond acceptors (Lipinski definition) is 3. The number of ether oxygens (including phenoxy) is 1. The van der Waals surface area contributed by atoms with Gasteiger partial charge in [-0.15, -0.1) is 0 Å². The number of hydrogen-bond donors (Lipinski definition) is 1. The fourth-order valence-corrected chi connectivity index (χ4v) is 4.97. The topological polar surface area (TPSA) is 42.3 Å². The molecule has 2 atom stereocenters. The van der Waals surface area contributed by atoms with Crippen LogP contribution >= 0.6 is 12.2 Å². The van der Waals surface area contributed by atoms with E-state index in [9.17, 15) is 0 Å². The van der Waals surface area contributed by atoms with Gasteiger partial charge in [-0.25, -0.2) is 0 Å². The summed E-state index contributed by atoms with van der Waals surface area (Å²) in [6, 6.07) is 36.1. The highest BCUT2D eigenvalue weighted by atomic mass is 32.1. The molecule has 0 saturated carbocycles. The molecule has 3 aromatic carbocycles. The number of para-hydroxylation sites is 2. The molecule has 0 amide bonds. The Labute approximate surface area is 215 Å². The molecule has 5 aromatic rings. The van der Waals surface area contributed by atoms with Gasteiger partial charge in [0.1, 0.15) is 11.5 Å². The fraction of sp³-hybridized carbons (Fsp3) is 0.0667. The molecular weight excluding hydrogens is 464 g/mol. The summed E-state index contributed by atoms with van der Waals surface area (Å²) >= 11 is 5.86. The highest BCUT2D eigenvalue weighted by Gasteiger charge is 2.41.